The Labute approximate surface area is 240 Å². The fourth-order valence-corrected chi connectivity index (χ4v) is 2.41. The molecule has 0 saturated carbocycles. The van der Waals surface area contributed by atoms with Gasteiger partial charge in [0.2, 0.25) is 5.91 Å². The number of alkyl halides is 9. The lowest BCUT2D eigenvalue weighted by atomic mass is 10.2. The van der Waals surface area contributed by atoms with Crippen LogP contribution in [-0.4, -0.2) is 105 Å². The highest BCUT2D eigenvalue weighted by molar-refractivity contribution is 6.31. The topological polar surface area (TPSA) is 185 Å². The van der Waals surface area contributed by atoms with Crippen LogP contribution in [0.25, 0.3) is 10.9 Å². The Hall–Kier alpha value is -3.85. The number of aromatic amines is 1. The van der Waals surface area contributed by atoms with Crippen molar-refractivity contribution in [1.29, 1.82) is 0 Å². The first-order valence-corrected chi connectivity index (χ1v) is 11.6. The SMILES string of the molecule is CCN(CC)CCNCC(=O)Nc1n[nH]c2cc(Cl)ccc12.O=C(O)C(F)(F)F.O=C(O)C(F)(F)F.O=C(O)C(F)(F)F. The second-order valence-electron chi connectivity index (χ2n) is 7.42. The Morgan fingerprint density at radius 2 is 1.28 bits per heavy atom. The van der Waals surface area contributed by atoms with E-state index in [0.717, 1.165) is 37.1 Å². The molecule has 2 aromatic rings. The number of aliphatic carboxylic acids is 3. The molecule has 0 aliphatic carbocycles. The predicted octanol–water partition coefficient (Wildman–Crippen LogP) is 3.99. The normalized spacial score (nSPS) is 11.3. The second kappa shape index (κ2) is 18.6. The fraction of sp³-hybridized carbons (Fsp3) is 0.476. The zero-order valence-electron chi connectivity index (χ0n) is 21.9. The van der Waals surface area contributed by atoms with E-state index in [4.69, 9.17) is 41.3 Å². The van der Waals surface area contributed by atoms with Gasteiger partial charge in [0.15, 0.2) is 5.82 Å². The van der Waals surface area contributed by atoms with Crippen LogP contribution >= 0.6 is 11.6 Å². The lowest BCUT2D eigenvalue weighted by Crippen LogP contribution is -2.35. The Bertz CT molecular complexity index is 1130. The summed E-state index contributed by atoms with van der Waals surface area (Å²) in [6.45, 7) is 8.29. The minimum absolute atomic E-state index is 0.108. The van der Waals surface area contributed by atoms with Crippen LogP contribution in [0.2, 0.25) is 5.02 Å². The highest BCUT2D eigenvalue weighted by Gasteiger charge is 2.39. The molecule has 22 heteroatoms. The van der Waals surface area contributed by atoms with E-state index in [1.807, 2.05) is 6.07 Å². The molecule has 0 aliphatic rings. The summed E-state index contributed by atoms with van der Waals surface area (Å²) in [6, 6.07) is 5.39. The Kier molecular flexibility index (Phi) is 17.9. The molecule has 6 N–H and O–H groups in total. The monoisotopic (exact) mass is 665 g/mol. The van der Waals surface area contributed by atoms with Gasteiger partial charge in [-0.3, -0.25) is 9.89 Å². The average molecular weight is 666 g/mol. The third-order valence-corrected chi connectivity index (χ3v) is 4.53. The lowest BCUT2D eigenvalue weighted by molar-refractivity contribution is -0.193. The number of nitrogens with one attached hydrogen (secondary N) is 3. The van der Waals surface area contributed by atoms with Crippen LogP contribution in [0.1, 0.15) is 13.8 Å². The molecule has 1 heterocycles. The molecule has 0 bridgehead atoms. The number of nitrogens with zero attached hydrogens (tertiary/aromatic N) is 2. The number of carboxylic acid groups (broad SMARTS) is 3. The number of carbonyl (C=O) groups excluding carboxylic acids is 1. The molecule has 1 aromatic heterocycles. The number of hydrogen-bond acceptors (Lipinski definition) is 7. The van der Waals surface area contributed by atoms with Crippen molar-refractivity contribution in [3.8, 4) is 0 Å². The largest absolute Gasteiger partial charge is 0.490 e. The molecule has 0 radical (unpaired) electrons. The van der Waals surface area contributed by atoms with E-state index in [9.17, 15) is 44.3 Å². The number of H-pyrrole nitrogens is 1. The van der Waals surface area contributed by atoms with E-state index in [1.54, 1.807) is 12.1 Å². The van der Waals surface area contributed by atoms with Crippen molar-refractivity contribution in [1.82, 2.24) is 20.4 Å². The molecule has 1 aromatic carbocycles. The number of halogens is 10. The van der Waals surface area contributed by atoms with E-state index in [1.165, 1.54) is 0 Å². The van der Waals surface area contributed by atoms with Crippen LogP contribution in [0.3, 0.4) is 0 Å². The van der Waals surface area contributed by atoms with E-state index in [-0.39, 0.29) is 12.5 Å². The summed E-state index contributed by atoms with van der Waals surface area (Å²) in [6.07, 6.45) is -15.3. The van der Waals surface area contributed by atoms with Crippen LogP contribution in [-0.2, 0) is 19.2 Å². The van der Waals surface area contributed by atoms with Crippen molar-refractivity contribution in [2.45, 2.75) is 32.4 Å². The summed E-state index contributed by atoms with van der Waals surface area (Å²) in [5, 5.41) is 35.8. The Morgan fingerprint density at radius 3 is 1.65 bits per heavy atom. The van der Waals surface area contributed by atoms with Gasteiger partial charge in [-0.2, -0.15) is 44.6 Å². The van der Waals surface area contributed by atoms with E-state index >= 15 is 0 Å². The molecular weight excluding hydrogens is 641 g/mol. The highest BCUT2D eigenvalue weighted by atomic mass is 35.5. The van der Waals surface area contributed by atoms with E-state index in [0.29, 0.717) is 10.8 Å². The molecule has 1 amide bonds. The van der Waals surface area contributed by atoms with E-state index < -0.39 is 36.4 Å². The minimum atomic E-state index is -5.08. The van der Waals surface area contributed by atoms with Crippen molar-refractivity contribution >= 4 is 52.1 Å². The fourth-order valence-electron chi connectivity index (χ4n) is 2.24. The number of benzene rings is 1. The molecule has 0 fully saturated rings. The molecule has 0 saturated heterocycles. The molecule has 0 atom stereocenters. The summed E-state index contributed by atoms with van der Waals surface area (Å²) < 4.78 is 95.2. The smallest absolute Gasteiger partial charge is 0.475 e. The predicted molar refractivity (Wildman–Crippen MR) is 131 cm³/mol. The summed E-state index contributed by atoms with van der Waals surface area (Å²) in [7, 11) is 0. The number of aromatic nitrogens is 2. The summed E-state index contributed by atoms with van der Waals surface area (Å²) in [5.74, 6) is -7.85. The molecule has 0 aliphatic heterocycles. The first-order chi connectivity index (χ1) is 19.5. The van der Waals surface area contributed by atoms with Crippen LogP contribution in [0, 0.1) is 0 Å². The molecule has 12 nitrogen and oxygen atoms in total. The highest BCUT2D eigenvalue weighted by Crippen LogP contribution is 2.23. The zero-order chi connectivity index (χ0) is 34.2. The number of fused-ring (bicyclic) bond motifs is 1. The summed E-state index contributed by atoms with van der Waals surface area (Å²) >= 11 is 5.92. The summed E-state index contributed by atoms with van der Waals surface area (Å²) in [4.78, 5) is 40.9. The van der Waals surface area contributed by atoms with Gasteiger partial charge in [-0.1, -0.05) is 25.4 Å². The molecule has 0 spiro atoms. The number of hydrogen-bond donors (Lipinski definition) is 6. The van der Waals surface area contributed by atoms with Crippen molar-refractivity contribution in [3.63, 3.8) is 0 Å². The molecule has 246 valence electrons. The average Bonchev–Trinajstić information content (AvgIpc) is 3.25. The van der Waals surface area contributed by atoms with Gasteiger partial charge in [0.25, 0.3) is 0 Å². The van der Waals surface area contributed by atoms with Gasteiger partial charge in [-0.05, 0) is 31.3 Å². The van der Waals surface area contributed by atoms with Crippen LogP contribution in [0.5, 0.6) is 0 Å². The standard InChI is InChI=1S/C15H22ClN5O.3C2HF3O2/c1-3-21(4-2)8-7-17-10-14(22)18-15-12-6-5-11(16)9-13(12)19-20-15;3*3-2(4,5)1(6)7/h5-6,9,17H,3-4,7-8,10H2,1-2H3,(H2,18,19,20,22);3*(H,6,7). The van der Waals surface area contributed by atoms with Crippen LogP contribution in [0.15, 0.2) is 18.2 Å². The van der Waals surface area contributed by atoms with Crippen LogP contribution in [0.4, 0.5) is 45.3 Å². The van der Waals surface area contributed by atoms with Gasteiger partial charge in [-0.25, -0.2) is 14.4 Å². The number of rotatable bonds is 8. The van der Waals surface area contributed by atoms with Gasteiger partial charge in [0.05, 0.1) is 12.1 Å². The van der Waals surface area contributed by atoms with Gasteiger partial charge in [0, 0.05) is 23.5 Å². The van der Waals surface area contributed by atoms with Crippen molar-refractivity contribution in [2.75, 3.05) is 38.0 Å². The lowest BCUT2D eigenvalue weighted by Gasteiger charge is -2.17. The molecule has 2 rings (SSSR count). The second-order valence-corrected chi connectivity index (χ2v) is 7.86. The van der Waals surface area contributed by atoms with Crippen molar-refractivity contribution in [3.05, 3.63) is 23.2 Å². The maximum atomic E-state index is 11.9. The maximum absolute atomic E-state index is 11.9. The molecular formula is C21H25ClF9N5O7. The third kappa shape index (κ3) is 19.1. The van der Waals surface area contributed by atoms with Gasteiger partial charge < -0.3 is 30.9 Å². The first kappa shape index (κ1) is 41.3. The maximum Gasteiger partial charge on any atom is 0.490 e. The van der Waals surface area contributed by atoms with Gasteiger partial charge in [0.1, 0.15) is 0 Å². The van der Waals surface area contributed by atoms with Gasteiger partial charge >= 0.3 is 36.4 Å². The number of likely N-dealkylation sites (N-methyl/N-ethyl adjacent to an activating group) is 1. The number of carboxylic acids is 3. The Balaban J connectivity index is 0. The number of amides is 1. The molecule has 0 unspecified atom stereocenters. The Morgan fingerprint density at radius 1 is 0.860 bits per heavy atom. The van der Waals surface area contributed by atoms with Gasteiger partial charge in [-0.15, -0.1) is 0 Å². The molecule has 43 heavy (non-hydrogen) atoms. The van der Waals surface area contributed by atoms with Crippen molar-refractivity contribution in [2.24, 2.45) is 0 Å². The quantitative estimate of drug-likeness (QED) is 0.178. The summed E-state index contributed by atoms with van der Waals surface area (Å²) in [5.41, 5.74) is 0.803. The minimum Gasteiger partial charge on any atom is -0.475 e. The van der Waals surface area contributed by atoms with Crippen molar-refractivity contribution < 1.29 is 74.0 Å². The number of anilines is 1. The van der Waals surface area contributed by atoms with E-state index in [2.05, 4.69) is 39.6 Å². The number of carbonyl (C=O) groups is 4. The van der Waals surface area contributed by atoms with Crippen LogP contribution < -0.4 is 10.6 Å². The third-order valence-electron chi connectivity index (χ3n) is 4.30. The zero-order valence-corrected chi connectivity index (χ0v) is 22.7. The first-order valence-electron chi connectivity index (χ1n) is 11.2.